The molecule has 0 aromatic carbocycles. The number of hydrogen-bond acceptors (Lipinski definition) is 1. The fraction of sp³-hybridized carbons (Fsp3) is 1.00. The molecule has 1 atom stereocenters. The van der Waals surface area contributed by atoms with Crippen molar-refractivity contribution in [2.45, 2.75) is 13.8 Å². The largest absolute Gasteiger partial charge is 0.302 e. The molecule has 8 heavy (non-hydrogen) atoms. The van der Waals surface area contributed by atoms with Crippen molar-refractivity contribution in [3.05, 3.63) is 0 Å². The second-order valence-corrected chi connectivity index (χ2v) is 3.05. The van der Waals surface area contributed by atoms with Crippen LogP contribution >= 0.6 is 8.58 Å². The molecule has 50 valence electrons. The van der Waals surface area contributed by atoms with Gasteiger partial charge >= 0.3 is 0 Å². The van der Waals surface area contributed by atoms with Crippen molar-refractivity contribution in [1.82, 2.24) is 4.90 Å². The molecule has 0 N–H and O–H groups in total. The summed E-state index contributed by atoms with van der Waals surface area (Å²) in [7, 11) is 3.40. The van der Waals surface area contributed by atoms with Gasteiger partial charge in [-0.15, -0.1) is 8.58 Å². The van der Waals surface area contributed by atoms with E-state index in [1.807, 2.05) is 13.8 Å². The summed E-state index contributed by atoms with van der Waals surface area (Å²) in [5, 5.41) is 0. The van der Waals surface area contributed by atoms with E-state index in [2.05, 4.69) is 11.9 Å². The van der Waals surface area contributed by atoms with Gasteiger partial charge < -0.3 is 4.90 Å². The van der Waals surface area contributed by atoms with Crippen LogP contribution in [0.5, 0.6) is 0 Å². The maximum absolute atomic E-state index is 2.37. The van der Waals surface area contributed by atoms with Gasteiger partial charge in [-0.1, -0.05) is 13.8 Å². The Labute approximate surface area is 54.2 Å². The van der Waals surface area contributed by atoms with Crippen LogP contribution in [-0.2, 0) is 0 Å². The molecule has 1 rings (SSSR count). The highest BCUT2D eigenvalue weighted by Gasteiger charge is 2.02. The Morgan fingerprint density at radius 2 is 2.00 bits per heavy atom. The Balaban J connectivity index is 0.000000222. The molecule has 0 spiro atoms. The lowest BCUT2D eigenvalue weighted by Gasteiger charge is -2.00. The van der Waals surface area contributed by atoms with Gasteiger partial charge in [0.15, 0.2) is 0 Å². The molecule has 0 aliphatic carbocycles. The highest BCUT2D eigenvalue weighted by molar-refractivity contribution is 7.38. The van der Waals surface area contributed by atoms with Gasteiger partial charge in [0.25, 0.3) is 0 Å². The van der Waals surface area contributed by atoms with E-state index in [1.165, 1.54) is 27.6 Å². The lowest BCUT2D eigenvalue weighted by Crippen LogP contribution is -2.11. The summed E-state index contributed by atoms with van der Waals surface area (Å²) in [4.78, 5) is 2.37. The van der Waals surface area contributed by atoms with Gasteiger partial charge in [-0.25, -0.2) is 0 Å². The SMILES string of the molecule is CC.CN1CCPC1. The van der Waals surface area contributed by atoms with E-state index in [-0.39, 0.29) is 0 Å². The minimum Gasteiger partial charge on any atom is -0.302 e. The van der Waals surface area contributed by atoms with E-state index < -0.39 is 0 Å². The maximum Gasteiger partial charge on any atom is 0.0152 e. The summed E-state index contributed by atoms with van der Waals surface area (Å²) in [5.74, 6) is 0. The van der Waals surface area contributed by atoms with E-state index in [0.29, 0.717) is 0 Å². The lowest BCUT2D eigenvalue weighted by atomic mass is 10.7. The molecule has 0 aromatic rings. The van der Waals surface area contributed by atoms with Crippen molar-refractivity contribution in [3.8, 4) is 0 Å². The molecule has 0 aromatic heterocycles. The van der Waals surface area contributed by atoms with Crippen molar-refractivity contribution in [2.75, 3.05) is 26.0 Å². The number of nitrogens with zero attached hydrogens (tertiary/aromatic N) is 1. The molecular weight excluding hydrogens is 117 g/mol. The average molecular weight is 133 g/mol. The number of hydrogen-bond donors (Lipinski definition) is 0. The summed E-state index contributed by atoms with van der Waals surface area (Å²) >= 11 is 0. The summed E-state index contributed by atoms with van der Waals surface area (Å²) < 4.78 is 0. The highest BCUT2D eigenvalue weighted by Crippen LogP contribution is 2.17. The lowest BCUT2D eigenvalue weighted by molar-refractivity contribution is 0.438. The topological polar surface area (TPSA) is 3.24 Å². The predicted octanol–water partition coefficient (Wildman–Crippen LogP) is 1.59. The molecule has 1 saturated heterocycles. The molecule has 1 aliphatic heterocycles. The van der Waals surface area contributed by atoms with Crippen LogP contribution in [0.2, 0.25) is 0 Å². The Morgan fingerprint density at radius 3 is 2.12 bits per heavy atom. The molecule has 1 nitrogen and oxygen atoms in total. The fourth-order valence-electron chi connectivity index (χ4n) is 0.619. The van der Waals surface area contributed by atoms with E-state index in [9.17, 15) is 0 Å². The van der Waals surface area contributed by atoms with Gasteiger partial charge in [0.2, 0.25) is 0 Å². The molecule has 0 amide bonds. The van der Waals surface area contributed by atoms with Crippen molar-refractivity contribution in [3.63, 3.8) is 0 Å². The van der Waals surface area contributed by atoms with Gasteiger partial charge in [0.05, 0.1) is 0 Å². The van der Waals surface area contributed by atoms with E-state index >= 15 is 0 Å². The Bertz CT molecular complexity index is 41.8. The van der Waals surface area contributed by atoms with Gasteiger partial charge in [-0.05, 0) is 13.2 Å². The highest BCUT2D eigenvalue weighted by atomic mass is 31.1. The first-order valence-electron chi connectivity index (χ1n) is 3.29. The molecule has 0 bridgehead atoms. The normalized spacial score (nSPS) is 22.9. The summed E-state index contributed by atoms with van der Waals surface area (Å²) in [6.07, 6.45) is 2.79. The zero-order valence-electron chi connectivity index (χ0n) is 6.07. The van der Waals surface area contributed by atoms with Gasteiger partial charge in [-0.2, -0.15) is 0 Å². The maximum atomic E-state index is 2.37. The van der Waals surface area contributed by atoms with Crippen LogP contribution in [-0.4, -0.2) is 30.9 Å². The first kappa shape index (κ1) is 8.39. The Morgan fingerprint density at radius 1 is 1.38 bits per heavy atom. The fourth-order valence-corrected chi connectivity index (χ4v) is 1.86. The van der Waals surface area contributed by atoms with Gasteiger partial charge in [0.1, 0.15) is 0 Å². The van der Waals surface area contributed by atoms with Crippen LogP contribution in [0, 0.1) is 0 Å². The van der Waals surface area contributed by atoms with Crippen LogP contribution < -0.4 is 0 Å². The molecule has 0 radical (unpaired) electrons. The van der Waals surface area contributed by atoms with Crippen LogP contribution in [0.4, 0.5) is 0 Å². The quantitative estimate of drug-likeness (QED) is 0.453. The zero-order chi connectivity index (χ0) is 6.41. The molecule has 1 fully saturated rings. The van der Waals surface area contributed by atoms with Crippen molar-refractivity contribution < 1.29 is 0 Å². The van der Waals surface area contributed by atoms with Crippen molar-refractivity contribution in [1.29, 1.82) is 0 Å². The Kier molecular flexibility index (Phi) is 5.79. The second kappa shape index (κ2) is 5.53. The number of rotatable bonds is 0. The van der Waals surface area contributed by atoms with Crippen LogP contribution in [0.3, 0.4) is 0 Å². The smallest absolute Gasteiger partial charge is 0.0152 e. The first-order valence-corrected chi connectivity index (χ1v) is 4.70. The molecular formula is C6H16NP. The Hall–Kier alpha value is 0.390. The van der Waals surface area contributed by atoms with Crippen molar-refractivity contribution >= 4 is 8.58 Å². The zero-order valence-corrected chi connectivity index (χ0v) is 7.07. The molecule has 1 unspecified atom stereocenters. The first-order chi connectivity index (χ1) is 3.89. The van der Waals surface area contributed by atoms with Crippen LogP contribution in [0.1, 0.15) is 13.8 Å². The average Bonchev–Trinajstić information content (AvgIpc) is 2.24. The molecule has 0 saturated carbocycles. The third-order valence-corrected chi connectivity index (χ3v) is 2.39. The van der Waals surface area contributed by atoms with Crippen LogP contribution in [0.15, 0.2) is 0 Å². The minimum absolute atomic E-state index is 1.21. The standard InChI is InChI=1S/C4H10NP.C2H6/c1-5-2-3-6-4-5;1-2/h6H,2-4H2,1H3;1-2H3. The molecule has 2 heteroatoms. The third kappa shape index (κ3) is 3.40. The van der Waals surface area contributed by atoms with E-state index in [1.54, 1.807) is 0 Å². The third-order valence-electron chi connectivity index (χ3n) is 1.05. The monoisotopic (exact) mass is 133 g/mol. The summed E-state index contributed by atoms with van der Waals surface area (Å²) in [6, 6.07) is 0. The van der Waals surface area contributed by atoms with E-state index in [4.69, 9.17) is 0 Å². The minimum atomic E-state index is 1.21. The van der Waals surface area contributed by atoms with E-state index in [0.717, 1.165) is 0 Å². The molecule has 1 heterocycles. The van der Waals surface area contributed by atoms with Crippen molar-refractivity contribution in [2.24, 2.45) is 0 Å². The predicted molar refractivity (Wildman–Crippen MR) is 42.0 cm³/mol. The second-order valence-electron chi connectivity index (χ2n) is 1.74. The van der Waals surface area contributed by atoms with Gasteiger partial charge in [0, 0.05) is 12.8 Å². The summed E-state index contributed by atoms with van der Waals surface area (Å²) in [6.45, 7) is 5.33. The summed E-state index contributed by atoms with van der Waals surface area (Å²) in [5.41, 5.74) is 0. The molecule has 1 aliphatic rings. The van der Waals surface area contributed by atoms with Crippen LogP contribution in [0.25, 0.3) is 0 Å². The van der Waals surface area contributed by atoms with Gasteiger partial charge in [-0.3, -0.25) is 0 Å².